The molecule has 0 aliphatic carbocycles. The van der Waals surface area contributed by atoms with Crippen LogP contribution < -0.4 is 5.32 Å². The van der Waals surface area contributed by atoms with E-state index >= 15 is 0 Å². The lowest BCUT2D eigenvalue weighted by molar-refractivity contribution is -0.147. The number of carbonyl (C=O) groups is 1. The highest BCUT2D eigenvalue weighted by Gasteiger charge is 2.23. The highest BCUT2D eigenvalue weighted by atomic mass is 35.5. The van der Waals surface area contributed by atoms with E-state index in [4.69, 9.17) is 9.15 Å². The SMILES string of the molecule is Cc1c(-c2ccccc2)cccc1-c1nnc(-c2cccc(COC(=O)[C@@H]3CCCN3)c2)o1.Cl. The molecule has 0 bridgehead atoms. The van der Waals surface area contributed by atoms with Crippen molar-refractivity contribution in [2.45, 2.75) is 32.4 Å². The van der Waals surface area contributed by atoms with Gasteiger partial charge in [0, 0.05) is 11.1 Å². The number of hydrogen-bond donors (Lipinski definition) is 1. The van der Waals surface area contributed by atoms with Gasteiger partial charge in [0.05, 0.1) is 0 Å². The molecule has 7 heteroatoms. The van der Waals surface area contributed by atoms with Gasteiger partial charge in [0.25, 0.3) is 0 Å². The van der Waals surface area contributed by atoms with Crippen molar-refractivity contribution in [3.05, 3.63) is 83.9 Å². The summed E-state index contributed by atoms with van der Waals surface area (Å²) in [5, 5.41) is 11.7. The van der Waals surface area contributed by atoms with Crippen molar-refractivity contribution in [3.8, 4) is 34.0 Å². The summed E-state index contributed by atoms with van der Waals surface area (Å²) in [5.74, 6) is 0.705. The Kier molecular flexibility index (Phi) is 7.40. The van der Waals surface area contributed by atoms with Crippen molar-refractivity contribution in [3.63, 3.8) is 0 Å². The first-order valence-electron chi connectivity index (χ1n) is 11.2. The van der Waals surface area contributed by atoms with Crippen molar-refractivity contribution in [1.82, 2.24) is 15.5 Å². The van der Waals surface area contributed by atoms with Crippen LogP contribution in [0.5, 0.6) is 0 Å². The molecule has 1 aliphatic rings. The molecule has 1 aromatic heterocycles. The van der Waals surface area contributed by atoms with Crippen LogP contribution >= 0.6 is 12.4 Å². The van der Waals surface area contributed by atoms with E-state index in [0.29, 0.717) is 11.8 Å². The second kappa shape index (κ2) is 10.6. The molecule has 2 heterocycles. The van der Waals surface area contributed by atoms with Gasteiger partial charge in [-0.2, -0.15) is 0 Å². The van der Waals surface area contributed by atoms with Gasteiger partial charge in [-0.25, -0.2) is 0 Å². The Morgan fingerprint density at radius 1 is 0.971 bits per heavy atom. The first-order chi connectivity index (χ1) is 16.2. The maximum Gasteiger partial charge on any atom is 0.323 e. The van der Waals surface area contributed by atoms with Crippen molar-refractivity contribution in [2.24, 2.45) is 0 Å². The Hall–Kier alpha value is -3.48. The van der Waals surface area contributed by atoms with Crippen LogP contribution in [0.2, 0.25) is 0 Å². The summed E-state index contributed by atoms with van der Waals surface area (Å²) >= 11 is 0. The lowest BCUT2D eigenvalue weighted by atomic mass is 9.96. The van der Waals surface area contributed by atoms with Crippen molar-refractivity contribution in [1.29, 1.82) is 0 Å². The molecule has 6 nitrogen and oxygen atoms in total. The number of carbonyl (C=O) groups excluding carboxylic acids is 1. The molecular formula is C27H26ClN3O3. The zero-order chi connectivity index (χ0) is 22.6. The molecule has 0 unspecified atom stereocenters. The van der Waals surface area contributed by atoms with Gasteiger partial charge in [-0.1, -0.05) is 54.6 Å². The molecule has 174 valence electrons. The summed E-state index contributed by atoms with van der Waals surface area (Å²) in [5.41, 5.74) is 5.93. The number of halogens is 1. The van der Waals surface area contributed by atoms with Gasteiger partial charge in [-0.15, -0.1) is 22.6 Å². The zero-order valence-electron chi connectivity index (χ0n) is 18.9. The molecule has 0 radical (unpaired) electrons. The summed E-state index contributed by atoms with van der Waals surface area (Å²) in [6.45, 7) is 3.14. The normalized spacial score (nSPS) is 15.0. The number of aromatic nitrogens is 2. The number of hydrogen-bond acceptors (Lipinski definition) is 6. The second-order valence-electron chi connectivity index (χ2n) is 8.21. The third-order valence-corrected chi connectivity index (χ3v) is 5.97. The standard InChI is InChI=1S/C27H25N3O3.ClH/c1-18-22(20-9-3-2-4-10-20)12-6-13-23(18)26-30-29-25(33-26)21-11-5-8-19(16-21)17-32-27(31)24-14-7-15-28-24;/h2-6,8-13,16,24,28H,7,14-15,17H2,1H3;1H/t24-;/m0./s1. The van der Waals surface area contributed by atoms with Crippen LogP contribution in [0, 0.1) is 6.92 Å². The molecule has 1 saturated heterocycles. The minimum atomic E-state index is -0.202. The summed E-state index contributed by atoms with van der Waals surface area (Å²) < 4.78 is 11.5. The molecule has 1 aliphatic heterocycles. The van der Waals surface area contributed by atoms with Crippen molar-refractivity contribution in [2.75, 3.05) is 6.54 Å². The molecule has 1 atom stereocenters. The van der Waals surface area contributed by atoms with Gasteiger partial charge in [-0.05, 0) is 66.8 Å². The van der Waals surface area contributed by atoms with Crippen LogP contribution in [-0.2, 0) is 16.1 Å². The Labute approximate surface area is 204 Å². The van der Waals surface area contributed by atoms with Crippen LogP contribution in [0.4, 0.5) is 0 Å². The predicted octanol–water partition coefficient (Wildman–Crippen LogP) is 5.60. The number of ether oxygens (including phenoxy) is 1. The van der Waals surface area contributed by atoms with Crippen LogP contribution in [0.3, 0.4) is 0 Å². The van der Waals surface area contributed by atoms with Gasteiger partial charge in [0.1, 0.15) is 12.6 Å². The average molecular weight is 476 g/mol. The molecule has 0 saturated carbocycles. The second-order valence-corrected chi connectivity index (χ2v) is 8.21. The molecule has 1 N–H and O–H groups in total. The monoisotopic (exact) mass is 475 g/mol. The topological polar surface area (TPSA) is 77.2 Å². The Morgan fingerprint density at radius 2 is 1.71 bits per heavy atom. The van der Waals surface area contributed by atoms with Gasteiger partial charge in [0.15, 0.2) is 0 Å². The van der Waals surface area contributed by atoms with E-state index in [9.17, 15) is 4.79 Å². The Bertz CT molecular complexity index is 1270. The Balaban J connectivity index is 0.00000274. The van der Waals surface area contributed by atoms with E-state index < -0.39 is 0 Å². The first kappa shape index (κ1) is 23.7. The lowest BCUT2D eigenvalue weighted by Gasteiger charge is -2.10. The molecule has 1 fully saturated rings. The number of benzene rings is 3. The quantitative estimate of drug-likeness (QED) is 0.366. The third kappa shape index (κ3) is 5.03. The van der Waals surface area contributed by atoms with Gasteiger partial charge in [-0.3, -0.25) is 4.79 Å². The smallest absolute Gasteiger partial charge is 0.323 e. The van der Waals surface area contributed by atoms with Crippen LogP contribution in [0.15, 0.2) is 77.2 Å². The van der Waals surface area contributed by atoms with Crippen molar-refractivity contribution >= 4 is 18.4 Å². The van der Waals surface area contributed by atoms with E-state index in [1.807, 2.05) is 54.6 Å². The van der Waals surface area contributed by atoms with E-state index in [1.165, 1.54) is 0 Å². The average Bonchev–Trinajstić information content (AvgIpc) is 3.56. The fraction of sp³-hybridized carbons (Fsp3) is 0.222. The van der Waals surface area contributed by atoms with E-state index in [-0.39, 0.29) is 31.0 Å². The van der Waals surface area contributed by atoms with Crippen molar-refractivity contribution < 1.29 is 13.9 Å². The van der Waals surface area contributed by atoms with E-state index in [2.05, 4.69) is 40.6 Å². The molecule has 3 aromatic carbocycles. The highest BCUT2D eigenvalue weighted by molar-refractivity contribution is 5.85. The largest absolute Gasteiger partial charge is 0.460 e. The minimum absolute atomic E-state index is 0. The highest BCUT2D eigenvalue weighted by Crippen LogP contribution is 2.32. The molecule has 4 aromatic rings. The van der Waals surface area contributed by atoms with Crippen LogP contribution in [0.1, 0.15) is 24.0 Å². The summed E-state index contributed by atoms with van der Waals surface area (Å²) in [6, 6.07) is 23.8. The summed E-state index contributed by atoms with van der Waals surface area (Å²) in [4.78, 5) is 12.2. The molecule has 0 amide bonds. The Morgan fingerprint density at radius 3 is 2.50 bits per heavy atom. The number of esters is 1. The zero-order valence-corrected chi connectivity index (χ0v) is 19.7. The fourth-order valence-electron chi connectivity index (χ4n) is 4.18. The molecule has 5 rings (SSSR count). The molecule has 34 heavy (non-hydrogen) atoms. The maximum absolute atomic E-state index is 12.2. The first-order valence-corrected chi connectivity index (χ1v) is 11.2. The summed E-state index contributed by atoms with van der Waals surface area (Å²) in [6.07, 6.45) is 1.83. The minimum Gasteiger partial charge on any atom is -0.460 e. The van der Waals surface area contributed by atoms with Gasteiger partial charge < -0.3 is 14.5 Å². The fourth-order valence-corrected chi connectivity index (χ4v) is 4.18. The van der Waals surface area contributed by atoms with Crippen LogP contribution in [-0.4, -0.2) is 28.8 Å². The van der Waals surface area contributed by atoms with Gasteiger partial charge in [0.2, 0.25) is 11.8 Å². The number of rotatable bonds is 6. The van der Waals surface area contributed by atoms with E-state index in [1.54, 1.807) is 0 Å². The number of nitrogens with one attached hydrogen (secondary N) is 1. The van der Waals surface area contributed by atoms with Crippen LogP contribution in [0.25, 0.3) is 34.0 Å². The van der Waals surface area contributed by atoms with E-state index in [0.717, 1.165) is 52.8 Å². The molecule has 0 spiro atoms. The van der Waals surface area contributed by atoms with Gasteiger partial charge >= 0.3 is 5.97 Å². The lowest BCUT2D eigenvalue weighted by Crippen LogP contribution is -2.32. The summed E-state index contributed by atoms with van der Waals surface area (Å²) in [7, 11) is 0. The third-order valence-electron chi connectivity index (χ3n) is 5.97. The maximum atomic E-state index is 12.2. The predicted molar refractivity (Wildman–Crippen MR) is 133 cm³/mol. The number of nitrogens with zero attached hydrogens (tertiary/aromatic N) is 2. The molecular weight excluding hydrogens is 450 g/mol.